The number of hydrogen-bond acceptors (Lipinski definition) is 3. The van der Waals surface area contributed by atoms with E-state index in [1.54, 1.807) is 18.2 Å². The molecule has 1 heterocycles. The molecule has 22 heavy (non-hydrogen) atoms. The first-order valence-electron chi connectivity index (χ1n) is 9.01. The predicted molar refractivity (Wildman–Crippen MR) is 81.4 cm³/mol. The molecule has 2 N–H and O–H groups in total. The highest BCUT2D eigenvalue weighted by Gasteiger charge is 2.41. The van der Waals surface area contributed by atoms with Gasteiger partial charge in [0.2, 0.25) is 0 Å². The molecule has 0 spiro atoms. The van der Waals surface area contributed by atoms with Crippen LogP contribution in [0, 0.1) is 17.1 Å². The van der Waals surface area contributed by atoms with Crippen LogP contribution in [-0.4, -0.2) is 6.54 Å². The van der Waals surface area contributed by atoms with Crippen LogP contribution < -0.4 is 5.73 Å². The standard InChI is InChI=1S/C18H17FN2O/c19-16-5-3-15(4-6-16)18(8-1-9-20)17-7-2-13(11-21)10-14(17)12-22-18/h2-7,10H,1,8-9,12,20H2/i3D,4D,5D,6D. The summed E-state index contributed by atoms with van der Waals surface area (Å²) >= 11 is 0. The first-order chi connectivity index (χ1) is 12.4. The van der Waals surface area contributed by atoms with Gasteiger partial charge in [-0.15, -0.1) is 0 Å². The van der Waals surface area contributed by atoms with Gasteiger partial charge >= 0.3 is 0 Å². The number of fused-ring (bicyclic) bond motifs is 1. The Kier molecular flexibility index (Phi) is 2.80. The third-order valence-corrected chi connectivity index (χ3v) is 3.87. The second-order valence-electron chi connectivity index (χ2n) is 5.18. The molecule has 0 saturated carbocycles. The Morgan fingerprint density at radius 2 is 2.14 bits per heavy atom. The number of benzene rings is 2. The molecular weight excluding hydrogens is 279 g/mol. The van der Waals surface area contributed by atoms with Crippen molar-refractivity contribution >= 4 is 0 Å². The first-order valence-corrected chi connectivity index (χ1v) is 7.01. The Morgan fingerprint density at radius 1 is 1.36 bits per heavy atom. The van der Waals surface area contributed by atoms with Gasteiger partial charge in [0.1, 0.15) is 11.4 Å². The number of rotatable bonds is 4. The van der Waals surface area contributed by atoms with Gasteiger partial charge in [-0.25, -0.2) is 4.39 Å². The molecule has 3 nitrogen and oxygen atoms in total. The number of nitriles is 1. The summed E-state index contributed by atoms with van der Waals surface area (Å²) in [5.41, 5.74) is 6.26. The van der Waals surface area contributed by atoms with Crippen molar-refractivity contribution in [3.05, 3.63) is 70.4 Å². The van der Waals surface area contributed by atoms with Crippen LogP contribution >= 0.6 is 0 Å². The molecule has 2 aromatic rings. The van der Waals surface area contributed by atoms with Gasteiger partial charge in [-0.05, 0) is 60.3 Å². The summed E-state index contributed by atoms with van der Waals surface area (Å²) in [6, 6.07) is 4.69. The molecule has 0 fully saturated rings. The summed E-state index contributed by atoms with van der Waals surface area (Å²) < 4.78 is 52.1. The monoisotopic (exact) mass is 300 g/mol. The maximum atomic E-state index is 14.0. The number of nitrogens with two attached hydrogens (primary N) is 1. The van der Waals surface area contributed by atoms with Crippen LogP contribution in [0.5, 0.6) is 0 Å². The highest BCUT2D eigenvalue weighted by atomic mass is 19.1. The fourth-order valence-corrected chi connectivity index (χ4v) is 2.84. The molecule has 112 valence electrons. The van der Waals surface area contributed by atoms with E-state index in [1.807, 2.05) is 0 Å². The highest BCUT2D eigenvalue weighted by Crippen LogP contribution is 2.45. The number of nitrogens with zero attached hydrogens (tertiary/aromatic N) is 1. The Labute approximate surface area is 134 Å². The molecule has 0 amide bonds. The van der Waals surface area contributed by atoms with E-state index in [-0.39, 0.29) is 12.2 Å². The summed E-state index contributed by atoms with van der Waals surface area (Å²) in [5.74, 6) is -1.18. The smallest absolute Gasteiger partial charge is 0.123 e. The van der Waals surface area contributed by atoms with Crippen molar-refractivity contribution in [1.82, 2.24) is 0 Å². The van der Waals surface area contributed by atoms with E-state index in [0.717, 1.165) is 5.56 Å². The quantitative estimate of drug-likeness (QED) is 0.943. The molecule has 0 aliphatic carbocycles. The molecule has 4 heteroatoms. The van der Waals surface area contributed by atoms with Crippen molar-refractivity contribution in [3.63, 3.8) is 0 Å². The van der Waals surface area contributed by atoms with Gasteiger partial charge in [-0.2, -0.15) is 5.26 Å². The Bertz CT molecular complexity index is 899. The topological polar surface area (TPSA) is 59.0 Å². The molecule has 3 rings (SSSR count). The van der Waals surface area contributed by atoms with Crippen LogP contribution in [0.4, 0.5) is 4.39 Å². The zero-order valence-electron chi connectivity index (χ0n) is 15.9. The van der Waals surface area contributed by atoms with Gasteiger partial charge < -0.3 is 10.5 Å². The molecule has 1 aliphatic rings. The van der Waals surface area contributed by atoms with Crippen LogP contribution in [0.3, 0.4) is 0 Å². The van der Waals surface area contributed by atoms with Gasteiger partial charge in [-0.1, -0.05) is 18.2 Å². The van der Waals surface area contributed by atoms with Crippen LogP contribution in [0.1, 0.15) is 40.6 Å². The summed E-state index contributed by atoms with van der Waals surface area (Å²) in [6.45, 7) is 0.506. The van der Waals surface area contributed by atoms with Gasteiger partial charge in [-0.3, -0.25) is 0 Å². The summed E-state index contributed by atoms with van der Waals surface area (Å²) in [7, 11) is 0. The summed E-state index contributed by atoms with van der Waals surface area (Å²) in [5, 5.41) is 9.09. The second-order valence-corrected chi connectivity index (χ2v) is 5.18. The molecule has 1 atom stereocenters. The number of halogens is 1. The van der Waals surface area contributed by atoms with E-state index in [2.05, 4.69) is 6.07 Å². The molecule has 0 aromatic heterocycles. The fourth-order valence-electron chi connectivity index (χ4n) is 2.84. The van der Waals surface area contributed by atoms with Crippen molar-refractivity contribution in [2.75, 3.05) is 6.54 Å². The molecule has 2 aromatic carbocycles. The fraction of sp³-hybridized carbons (Fsp3) is 0.278. The Balaban J connectivity index is 2.31. The van der Waals surface area contributed by atoms with Crippen LogP contribution in [-0.2, 0) is 16.9 Å². The Morgan fingerprint density at radius 3 is 2.82 bits per heavy atom. The van der Waals surface area contributed by atoms with Crippen molar-refractivity contribution < 1.29 is 14.6 Å². The third-order valence-electron chi connectivity index (χ3n) is 3.87. The van der Waals surface area contributed by atoms with Crippen molar-refractivity contribution in [1.29, 1.82) is 5.26 Å². The maximum absolute atomic E-state index is 14.0. The lowest BCUT2D eigenvalue weighted by molar-refractivity contribution is -0.0126. The van der Waals surface area contributed by atoms with Crippen LogP contribution in [0.15, 0.2) is 42.4 Å². The van der Waals surface area contributed by atoms with Gasteiger partial charge in [0.05, 0.1) is 23.7 Å². The van der Waals surface area contributed by atoms with Gasteiger partial charge in [0.25, 0.3) is 0 Å². The molecule has 1 unspecified atom stereocenters. The van der Waals surface area contributed by atoms with Crippen molar-refractivity contribution in [3.8, 4) is 6.07 Å². The minimum atomic E-state index is -1.25. The molecule has 0 saturated heterocycles. The minimum absolute atomic E-state index is 0.00538. The van der Waals surface area contributed by atoms with Crippen molar-refractivity contribution in [2.24, 2.45) is 5.73 Å². The predicted octanol–water partition coefficient (Wildman–Crippen LogP) is 3.21. The van der Waals surface area contributed by atoms with E-state index < -0.39 is 35.6 Å². The lowest BCUT2D eigenvalue weighted by Gasteiger charge is -2.30. The van der Waals surface area contributed by atoms with Gasteiger partial charge in [0, 0.05) is 0 Å². The lowest BCUT2D eigenvalue weighted by Crippen LogP contribution is -2.28. The second kappa shape index (κ2) is 5.88. The van der Waals surface area contributed by atoms with Crippen molar-refractivity contribution in [2.45, 2.75) is 25.0 Å². The molecular formula is C18H17FN2O. The highest BCUT2D eigenvalue weighted by molar-refractivity contribution is 5.47. The third kappa shape index (κ3) is 2.39. The SMILES string of the molecule is [2H]c1c([2H])c(C2(CCCN)OCc3cc(C#N)ccc32)c([2H])c([2H])c1F. The minimum Gasteiger partial charge on any atom is -0.361 e. The van der Waals surface area contributed by atoms with E-state index in [9.17, 15) is 4.39 Å². The molecule has 0 radical (unpaired) electrons. The van der Waals surface area contributed by atoms with Crippen LogP contribution in [0.2, 0.25) is 0 Å². The first kappa shape index (κ1) is 10.5. The van der Waals surface area contributed by atoms with E-state index >= 15 is 0 Å². The zero-order chi connectivity index (χ0) is 19.1. The number of ether oxygens (including phenoxy) is 1. The van der Waals surface area contributed by atoms with Crippen LogP contribution in [0.25, 0.3) is 0 Å². The molecule has 0 bridgehead atoms. The largest absolute Gasteiger partial charge is 0.361 e. The summed E-state index contributed by atoms with van der Waals surface area (Å²) in [6.07, 6.45) is 0.834. The maximum Gasteiger partial charge on any atom is 0.123 e. The zero-order valence-corrected chi connectivity index (χ0v) is 11.9. The average molecular weight is 300 g/mol. The van der Waals surface area contributed by atoms with Gasteiger partial charge in [0.15, 0.2) is 0 Å². The van der Waals surface area contributed by atoms with E-state index in [1.165, 1.54) is 0 Å². The lowest BCUT2D eigenvalue weighted by atomic mass is 9.81. The average Bonchev–Trinajstić information content (AvgIpc) is 3.02. The van der Waals surface area contributed by atoms with E-state index in [0.29, 0.717) is 30.5 Å². The summed E-state index contributed by atoms with van der Waals surface area (Å²) in [4.78, 5) is 0. The number of hydrogen-bond donors (Lipinski definition) is 1. The Hall–Kier alpha value is -2.22. The normalized spacial score (nSPS) is 22.2. The molecule has 1 aliphatic heterocycles. The van der Waals surface area contributed by atoms with E-state index in [4.69, 9.17) is 21.2 Å².